The summed E-state index contributed by atoms with van der Waals surface area (Å²) in [6, 6.07) is 4.82. The van der Waals surface area contributed by atoms with Crippen LogP contribution in [0.15, 0.2) is 18.2 Å². The molecule has 1 aromatic carbocycles. The van der Waals surface area contributed by atoms with Gasteiger partial charge in [-0.1, -0.05) is 6.07 Å². The van der Waals surface area contributed by atoms with Gasteiger partial charge in [0.15, 0.2) is 0 Å². The van der Waals surface area contributed by atoms with Crippen LogP contribution in [-0.4, -0.2) is 23.2 Å². The lowest BCUT2D eigenvalue weighted by Crippen LogP contribution is -2.17. The molecule has 2 N–H and O–H groups in total. The second kappa shape index (κ2) is 5.45. The predicted octanol–water partition coefficient (Wildman–Crippen LogP) is 2.69. The summed E-state index contributed by atoms with van der Waals surface area (Å²) in [7, 11) is -0.651. The molecule has 0 bridgehead atoms. The van der Waals surface area contributed by atoms with E-state index in [0.29, 0.717) is 0 Å². The van der Waals surface area contributed by atoms with Gasteiger partial charge in [0.2, 0.25) is 5.78 Å². The average Bonchev–Trinajstić information content (AvgIpc) is 2.27. The number of rotatable bonds is 2. The highest BCUT2D eigenvalue weighted by Crippen LogP contribution is 2.35. The van der Waals surface area contributed by atoms with Crippen LogP contribution >= 0.6 is 10.5 Å². The second-order valence-electron chi connectivity index (χ2n) is 3.85. The second-order valence-corrected chi connectivity index (χ2v) is 5.89. The Morgan fingerprint density at radius 2 is 1.95 bits per heavy atom. The number of alkyl halides is 3. The summed E-state index contributed by atoms with van der Waals surface area (Å²) in [5.41, 5.74) is 3.41. The van der Waals surface area contributed by atoms with E-state index in [1.807, 2.05) is 0 Å². The van der Waals surface area contributed by atoms with Gasteiger partial charge in [0, 0.05) is 5.56 Å². The van der Waals surface area contributed by atoms with E-state index in [4.69, 9.17) is 11.0 Å². The number of ketones is 1. The first-order valence-electron chi connectivity index (χ1n) is 5.05. The molecule has 0 atom stereocenters. The number of hydrogen-bond acceptors (Lipinski definition) is 3. The molecule has 7 heteroatoms. The van der Waals surface area contributed by atoms with Crippen molar-refractivity contribution in [3.63, 3.8) is 0 Å². The molecule has 0 aliphatic rings. The van der Waals surface area contributed by atoms with E-state index in [1.54, 1.807) is 18.6 Å². The number of anilines is 1. The molecule has 0 radical (unpaired) electrons. The van der Waals surface area contributed by atoms with Crippen molar-refractivity contribution in [2.75, 3.05) is 18.2 Å². The summed E-state index contributed by atoms with van der Waals surface area (Å²) in [6.45, 7) is 0. The Bertz CT molecular complexity index is 596. The van der Waals surface area contributed by atoms with E-state index in [9.17, 15) is 18.0 Å². The monoisotopic (exact) mass is 288 g/mol. The average molecular weight is 288 g/mol. The standard InChI is InChI=1S/C12H11F3N2OS/c1-19(2)9(6-16)11(18)7-4-3-5-8(10(7)17)12(13,14)15/h3-5H,17H2,1-2H3. The van der Waals surface area contributed by atoms with Crippen molar-refractivity contribution in [1.82, 2.24) is 0 Å². The van der Waals surface area contributed by atoms with Gasteiger partial charge in [-0.15, -0.1) is 0 Å². The third-order valence-electron chi connectivity index (χ3n) is 2.37. The van der Waals surface area contributed by atoms with Gasteiger partial charge in [-0.25, -0.2) is 0 Å². The fourth-order valence-electron chi connectivity index (χ4n) is 1.46. The van der Waals surface area contributed by atoms with Crippen molar-refractivity contribution in [3.8, 4) is 6.07 Å². The zero-order valence-electron chi connectivity index (χ0n) is 10.2. The molecular formula is C12H11F3N2OS. The number of nitrogen functional groups attached to an aromatic ring is 1. The Morgan fingerprint density at radius 3 is 2.37 bits per heavy atom. The summed E-state index contributed by atoms with van der Waals surface area (Å²) in [4.78, 5) is 11.9. The van der Waals surface area contributed by atoms with Crippen LogP contribution in [0.5, 0.6) is 0 Å². The number of halogens is 3. The fraction of sp³-hybridized carbons (Fsp3) is 0.250. The minimum Gasteiger partial charge on any atom is -0.398 e. The summed E-state index contributed by atoms with van der Waals surface area (Å²) >= 11 is 0. The Hall–Kier alpha value is -1.81. The third-order valence-corrected chi connectivity index (χ3v) is 3.47. The topological polar surface area (TPSA) is 66.9 Å². The molecule has 1 rings (SSSR count). The minimum absolute atomic E-state index is 0.0916. The van der Waals surface area contributed by atoms with Crippen LogP contribution in [0.2, 0.25) is 0 Å². The zero-order valence-corrected chi connectivity index (χ0v) is 11.0. The first-order valence-corrected chi connectivity index (χ1v) is 7.09. The summed E-state index contributed by atoms with van der Waals surface area (Å²) < 4.78 is 38.0. The molecule has 0 saturated heterocycles. The Labute approximate surface area is 110 Å². The van der Waals surface area contributed by atoms with Gasteiger partial charge < -0.3 is 5.73 Å². The SMILES string of the molecule is CS(C)=C(C#N)C(=O)c1cccc(C(F)(F)F)c1N. The van der Waals surface area contributed by atoms with Crippen LogP contribution in [0.3, 0.4) is 0 Å². The minimum atomic E-state index is -4.63. The molecule has 3 nitrogen and oxygen atoms in total. The van der Waals surface area contributed by atoms with Gasteiger partial charge in [-0.3, -0.25) is 4.79 Å². The smallest absolute Gasteiger partial charge is 0.398 e. The van der Waals surface area contributed by atoms with Gasteiger partial charge in [0.05, 0.1) is 11.3 Å². The summed E-state index contributed by atoms with van der Waals surface area (Å²) in [6.07, 6.45) is -1.35. The van der Waals surface area contributed by atoms with E-state index in [2.05, 4.69) is 0 Å². The Balaban J connectivity index is 3.44. The molecule has 0 fully saturated rings. The van der Waals surface area contributed by atoms with E-state index < -0.39 is 33.7 Å². The third kappa shape index (κ3) is 3.15. The number of carbonyl (C=O) groups is 1. The number of benzene rings is 1. The number of hydrogen-bond donors (Lipinski definition) is 1. The van der Waals surface area contributed by atoms with Gasteiger partial charge >= 0.3 is 6.18 Å². The molecule has 0 aliphatic carbocycles. The lowest BCUT2D eigenvalue weighted by Gasteiger charge is -2.12. The molecule has 0 spiro atoms. The first kappa shape index (κ1) is 15.2. The van der Waals surface area contributed by atoms with Gasteiger partial charge in [-0.2, -0.15) is 28.9 Å². The highest BCUT2D eigenvalue weighted by molar-refractivity contribution is 8.16. The van der Waals surface area contributed by atoms with Crippen molar-refractivity contribution in [3.05, 3.63) is 29.3 Å². The van der Waals surface area contributed by atoms with Crippen molar-refractivity contribution in [1.29, 1.82) is 5.26 Å². The number of carbonyl (C=O) groups excluding carboxylic acids is 1. The zero-order chi connectivity index (χ0) is 14.8. The van der Waals surface area contributed by atoms with E-state index in [-0.39, 0.29) is 10.4 Å². The maximum absolute atomic E-state index is 12.7. The molecule has 0 heterocycles. The molecule has 1 aromatic rings. The van der Waals surface area contributed by atoms with Crippen LogP contribution in [0, 0.1) is 11.3 Å². The normalized spacial score (nSPS) is 11.2. The molecule has 0 aromatic heterocycles. The number of para-hydroxylation sites is 1. The van der Waals surface area contributed by atoms with Crippen LogP contribution < -0.4 is 5.73 Å². The maximum atomic E-state index is 12.7. The van der Waals surface area contributed by atoms with Crippen LogP contribution in [-0.2, 0) is 6.18 Å². The van der Waals surface area contributed by atoms with Gasteiger partial charge in [0.25, 0.3) is 0 Å². The van der Waals surface area contributed by atoms with Crippen LogP contribution in [0.25, 0.3) is 0 Å². The van der Waals surface area contributed by atoms with E-state index in [0.717, 1.165) is 12.1 Å². The Kier molecular flexibility index (Phi) is 4.37. The highest BCUT2D eigenvalue weighted by Gasteiger charge is 2.34. The molecule has 0 saturated carbocycles. The number of nitrogens with zero attached hydrogens (tertiary/aromatic N) is 1. The Morgan fingerprint density at radius 1 is 1.37 bits per heavy atom. The predicted molar refractivity (Wildman–Crippen MR) is 70.2 cm³/mol. The van der Waals surface area contributed by atoms with E-state index >= 15 is 0 Å². The maximum Gasteiger partial charge on any atom is 0.418 e. The molecule has 0 unspecified atom stereocenters. The lowest BCUT2D eigenvalue weighted by atomic mass is 10.0. The van der Waals surface area contributed by atoms with E-state index in [1.165, 1.54) is 6.07 Å². The molecule has 0 amide bonds. The number of nitrogens with two attached hydrogens (primary N) is 1. The molecule has 0 aliphatic heterocycles. The largest absolute Gasteiger partial charge is 0.418 e. The van der Waals surface area contributed by atoms with Gasteiger partial charge in [-0.05, 0) is 24.6 Å². The number of nitriles is 1. The number of Topliss-reactive ketones (excluding diaryl/α,β-unsaturated/α-hetero) is 1. The molecule has 19 heavy (non-hydrogen) atoms. The van der Waals surface area contributed by atoms with Crippen LogP contribution in [0.1, 0.15) is 15.9 Å². The fourth-order valence-corrected chi connectivity index (χ4v) is 2.12. The quantitative estimate of drug-likeness (QED) is 0.517. The van der Waals surface area contributed by atoms with Crippen molar-refractivity contribution < 1.29 is 18.0 Å². The first-order chi connectivity index (χ1) is 8.70. The van der Waals surface area contributed by atoms with Crippen molar-refractivity contribution >= 4 is 26.8 Å². The lowest BCUT2D eigenvalue weighted by molar-refractivity contribution is -0.136. The summed E-state index contributed by atoms with van der Waals surface area (Å²) in [5.74, 6) is -0.751. The molecule has 102 valence electrons. The van der Waals surface area contributed by atoms with Gasteiger partial charge in [0.1, 0.15) is 10.9 Å². The van der Waals surface area contributed by atoms with Crippen LogP contribution in [0.4, 0.5) is 18.9 Å². The summed E-state index contributed by atoms with van der Waals surface area (Å²) in [5, 5.41) is 8.88. The van der Waals surface area contributed by atoms with Crippen molar-refractivity contribution in [2.45, 2.75) is 6.18 Å². The van der Waals surface area contributed by atoms with Crippen molar-refractivity contribution in [2.24, 2.45) is 0 Å². The molecular weight excluding hydrogens is 277 g/mol. The highest BCUT2D eigenvalue weighted by atomic mass is 32.2.